The van der Waals surface area contributed by atoms with Crippen LogP contribution < -0.4 is 0 Å². The van der Waals surface area contributed by atoms with Crippen LogP contribution >= 0.6 is 0 Å². The Morgan fingerprint density at radius 3 is 2.65 bits per heavy atom. The minimum absolute atomic E-state index is 0.141. The van der Waals surface area contributed by atoms with Crippen LogP contribution in [0.1, 0.15) is 24.1 Å². The minimum Gasteiger partial charge on any atom is -0.360 e. The van der Waals surface area contributed by atoms with Crippen molar-refractivity contribution in [2.75, 3.05) is 7.05 Å². The van der Waals surface area contributed by atoms with Gasteiger partial charge >= 0.3 is 0 Å². The number of hydrogen-bond donors (Lipinski definition) is 0. The molecular formula is C12H18N4O3S. The van der Waals surface area contributed by atoms with Gasteiger partial charge < -0.3 is 4.52 Å². The van der Waals surface area contributed by atoms with Crippen molar-refractivity contribution in [3.8, 4) is 0 Å². The van der Waals surface area contributed by atoms with Crippen LogP contribution in [-0.4, -0.2) is 34.7 Å². The number of aromatic nitrogens is 3. The van der Waals surface area contributed by atoms with Crippen molar-refractivity contribution in [3.63, 3.8) is 0 Å². The van der Waals surface area contributed by atoms with Crippen molar-refractivity contribution in [3.05, 3.63) is 29.4 Å². The Labute approximate surface area is 118 Å². The first kappa shape index (κ1) is 14.7. The van der Waals surface area contributed by atoms with Crippen molar-refractivity contribution in [2.45, 2.75) is 38.8 Å². The largest absolute Gasteiger partial charge is 0.360 e. The highest BCUT2D eigenvalue weighted by molar-refractivity contribution is 7.89. The molecule has 7 nitrogen and oxygen atoms in total. The number of sulfonamides is 1. The van der Waals surface area contributed by atoms with Crippen molar-refractivity contribution in [1.82, 2.24) is 19.2 Å². The van der Waals surface area contributed by atoms with Gasteiger partial charge in [-0.05, 0) is 26.8 Å². The summed E-state index contributed by atoms with van der Waals surface area (Å²) in [6.45, 7) is 6.12. The zero-order valence-electron chi connectivity index (χ0n) is 12.0. The highest BCUT2D eigenvalue weighted by Gasteiger charge is 2.29. The molecule has 0 atom stereocenters. The maximum absolute atomic E-state index is 12.6. The number of rotatable bonds is 5. The maximum Gasteiger partial charge on any atom is 0.248 e. The quantitative estimate of drug-likeness (QED) is 0.831. The molecule has 110 valence electrons. The molecule has 0 amide bonds. The van der Waals surface area contributed by atoms with Gasteiger partial charge in [-0.25, -0.2) is 8.42 Å². The van der Waals surface area contributed by atoms with Gasteiger partial charge in [-0.2, -0.15) is 9.40 Å². The van der Waals surface area contributed by atoms with E-state index in [0.29, 0.717) is 18.0 Å². The van der Waals surface area contributed by atoms with Crippen LogP contribution in [0, 0.1) is 13.8 Å². The zero-order valence-corrected chi connectivity index (χ0v) is 12.8. The topological polar surface area (TPSA) is 81.2 Å². The van der Waals surface area contributed by atoms with E-state index >= 15 is 0 Å². The van der Waals surface area contributed by atoms with Crippen molar-refractivity contribution in [2.24, 2.45) is 0 Å². The lowest BCUT2D eigenvalue weighted by Gasteiger charge is -2.17. The van der Waals surface area contributed by atoms with Crippen LogP contribution in [0.2, 0.25) is 0 Å². The van der Waals surface area contributed by atoms with Gasteiger partial charge in [0, 0.05) is 19.8 Å². The summed E-state index contributed by atoms with van der Waals surface area (Å²) in [6, 6.07) is 1.81. The number of hydrogen-bond acceptors (Lipinski definition) is 5. The Morgan fingerprint density at radius 1 is 1.40 bits per heavy atom. The number of nitrogens with zero attached hydrogens (tertiary/aromatic N) is 4. The molecule has 0 aliphatic carbocycles. The van der Waals surface area contributed by atoms with Gasteiger partial charge in [0.25, 0.3) is 0 Å². The highest BCUT2D eigenvalue weighted by atomic mass is 32.2. The fraction of sp³-hybridized carbons (Fsp3) is 0.500. The van der Waals surface area contributed by atoms with E-state index in [-0.39, 0.29) is 11.4 Å². The van der Waals surface area contributed by atoms with E-state index in [4.69, 9.17) is 4.52 Å². The van der Waals surface area contributed by atoms with Crippen molar-refractivity contribution < 1.29 is 12.9 Å². The van der Waals surface area contributed by atoms with E-state index < -0.39 is 10.0 Å². The summed E-state index contributed by atoms with van der Waals surface area (Å²) in [6.07, 6.45) is 1.66. The van der Waals surface area contributed by atoms with E-state index in [0.717, 1.165) is 5.69 Å². The summed E-state index contributed by atoms with van der Waals surface area (Å²) in [5.41, 5.74) is 1.21. The molecule has 2 aromatic heterocycles. The van der Waals surface area contributed by atoms with Crippen LogP contribution in [0.5, 0.6) is 0 Å². The van der Waals surface area contributed by atoms with Crippen LogP contribution in [-0.2, 0) is 23.1 Å². The molecule has 0 unspecified atom stereocenters. The summed E-state index contributed by atoms with van der Waals surface area (Å²) in [4.78, 5) is 0.141. The smallest absolute Gasteiger partial charge is 0.248 e. The van der Waals surface area contributed by atoms with Gasteiger partial charge in [-0.1, -0.05) is 5.16 Å². The van der Waals surface area contributed by atoms with Gasteiger partial charge in [-0.15, -0.1) is 0 Å². The Morgan fingerprint density at radius 2 is 2.10 bits per heavy atom. The average Bonchev–Trinajstić information content (AvgIpc) is 2.96. The first-order chi connectivity index (χ1) is 9.37. The lowest BCUT2D eigenvalue weighted by Crippen LogP contribution is -2.28. The SMILES string of the molecule is CCn1nccc1CN(C)S(=O)(=O)c1c(C)noc1C. The second-order valence-corrected chi connectivity index (χ2v) is 6.53. The van der Waals surface area contributed by atoms with Crippen LogP contribution in [0.25, 0.3) is 0 Å². The lowest BCUT2D eigenvalue weighted by molar-refractivity contribution is 0.389. The van der Waals surface area contributed by atoms with Crippen molar-refractivity contribution in [1.29, 1.82) is 0 Å². The summed E-state index contributed by atoms with van der Waals surface area (Å²) in [5.74, 6) is 0.304. The molecule has 0 aliphatic heterocycles. The molecule has 0 aliphatic rings. The lowest BCUT2D eigenvalue weighted by atomic mass is 10.4. The monoisotopic (exact) mass is 298 g/mol. The van der Waals surface area contributed by atoms with E-state index in [1.165, 1.54) is 11.4 Å². The third kappa shape index (κ3) is 2.48. The predicted octanol–water partition coefficient (Wildman–Crippen LogP) is 1.33. The normalized spacial score (nSPS) is 12.2. The Kier molecular flexibility index (Phi) is 3.96. The predicted molar refractivity (Wildman–Crippen MR) is 72.5 cm³/mol. The molecule has 0 saturated carbocycles. The van der Waals surface area contributed by atoms with Gasteiger partial charge in [0.2, 0.25) is 10.0 Å². The molecule has 2 heterocycles. The second kappa shape index (κ2) is 5.37. The fourth-order valence-electron chi connectivity index (χ4n) is 2.09. The molecule has 2 aromatic rings. The molecule has 0 bridgehead atoms. The molecule has 0 fully saturated rings. The van der Waals surface area contributed by atoms with Gasteiger partial charge in [-0.3, -0.25) is 4.68 Å². The molecule has 2 rings (SSSR count). The van der Waals surface area contributed by atoms with Gasteiger partial charge in [0.05, 0.1) is 12.2 Å². The second-order valence-electron chi connectivity index (χ2n) is 4.55. The van der Waals surface area contributed by atoms with E-state index in [1.54, 1.807) is 24.7 Å². The van der Waals surface area contributed by atoms with E-state index in [9.17, 15) is 8.42 Å². The van der Waals surface area contributed by atoms with Crippen LogP contribution in [0.3, 0.4) is 0 Å². The molecule has 8 heteroatoms. The maximum atomic E-state index is 12.6. The minimum atomic E-state index is -3.62. The Bertz CT molecular complexity index is 683. The first-order valence-corrected chi connectivity index (χ1v) is 7.71. The zero-order chi connectivity index (χ0) is 14.9. The number of aryl methyl sites for hydroxylation is 3. The summed E-state index contributed by atoms with van der Waals surface area (Å²) in [7, 11) is -2.09. The van der Waals surface area contributed by atoms with E-state index in [1.807, 2.05) is 13.0 Å². The fourth-order valence-corrected chi connectivity index (χ4v) is 3.52. The third-order valence-electron chi connectivity index (χ3n) is 3.12. The first-order valence-electron chi connectivity index (χ1n) is 6.27. The molecular weight excluding hydrogens is 280 g/mol. The van der Waals surface area contributed by atoms with Gasteiger partial charge in [0.1, 0.15) is 10.6 Å². The summed E-state index contributed by atoms with van der Waals surface area (Å²) >= 11 is 0. The van der Waals surface area contributed by atoms with Crippen LogP contribution in [0.4, 0.5) is 0 Å². The summed E-state index contributed by atoms with van der Waals surface area (Å²) < 4.78 is 33.1. The molecule has 0 aromatic carbocycles. The Balaban J connectivity index is 2.31. The molecule has 20 heavy (non-hydrogen) atoms. The molecule has 0 spiro atoms. The standard InChI is InChI=1S/C12H18N4O3S/c1-5-16-11(6-7-13-16)8-15(4)20(17,18)12-9(2)14-19-10(12)3/h6-7H,5,8H2,1-4H3. The summed E-state index contributed by atoms with van der Waals surface area (Å²) in [5, 5.41) is 7.83. The third-order valence-corrected chi connectivity index (χ3v) is 5.17. The Hall–Kier alpha value is -1.67. The van der Waals surface area contributed by atoms with Crippen molar-refractivity contribution >= 4 is 10.0 Å². The molecule has 0 radical (unpaired) electrons. The van der Waals surface area contributed by atoms with Gasteiger partial charge in [0.15, 0.2) is 5.76 Å². The highest BCUT2D eigenvalue weighted by Crippen LogP contribution is 2.23. The van der Waals surface area contributed by atoms with Crippen LogP contribution in [0.15, 0.2) is 21.7 Å². The van der Waals surface area contributed by atoms with E-state index in [2.05, 4.69) is 10.3 Å². The molecule has 0 saturated heterocycles. The average molecular weight is 298 g/mol. The molecule has 0 N–H and O–H groups in total.